The van der Waals surface area contributed by atoms with E-state index in [-0.39, 0.29) is 24.7 Å². The van der Waals surface area contributed by atoms with Crippen molar-refractivity contribution in [1.82, 2.24) is 9.80 Å². The molecule has 7 nitrogen and oxygen atoms in total. The van der Waals surface area contributed by atoms with E-state index in [2.05, 4.69) is 4.74 Å². The van der Waals surface area contributed by atoms with E-state index in [1.807, 2.05) is 0 Å². The van der Waals surface area contributed by atoms with Gasteiger partial charge in [0.15, 0.2) is 0 Å². The smallest absolute Gasteiger partial charge is 0.325 e. The van der Waals surface area contributed by atoms with Gasteiger partial charge in [-0.15, -0.1) is 0 Å². The second-order valence-corrected chi connectivity index (χ2v) is 5.10. The lowest BCUT2D eigenvalue weighted by Crippen LogP contribution is -2.46. The predicted octanol–water partition coefficient (Wildman–Crippen LogP) is 0.149. The van der Waals surface area contributed by atoms with Crippen molar-refractivity contribution in [3.63, 3.8) is 0 Å². The van der Waals surface area contributed by atoms with Crippen molar-refractivity contribution < 1.29 is 24.2 Å². The predicted molar refractivity (Wildman–Crippen MR) is 64.4 cm³/mol. The van der Waals surface area contributed by atoms with Crippen LogP contribution in [0.5, 0.6) is 0 Å². The third kappa shape index (κ3) is 2.36. The molecule has 2 heterocycles. The highest BCUT2D eigenvalue weighted by Crippen LogP contribution is 2.42. The fraction of sp³-hybridized carbons (Fsp3) is 0.750. The first-order valence-corrected chi connectivity index (χ1v) is 6.28. The van der Waals surface area contributed by atoms with Crippen LogP contribution in [0.1, 0.15) is 19.3 Å². The van der Waals surface area contributed by atoms with Gasteiger partial charge < -0.3 is 19.6 Å². The molecule has 0 saturated carbocycles. The lowest BCUT2D eigenvalue weighted by molar-refractivity contribution is -0.143. The summed E-state index contributed by atoms with van der Waals surface area (Å²) in [6, 6.07) is -0.546. The van der Waals surface area contributed by atoms with Gasteiger partial charge in [-0.2, -0.15) is 0 Å². The number of amides is 2. The monoisotopic (exact) mass is 270 g/mol. The number of carbonyl (C=O) groups excluding carboxylic acids is 2. The Bertz CT molecular complexity index is 411. The van der Waals surface area contributed by atoms with Crippen LogP contribution in [-0.4, -0.2) is 65.7 Å². The standard InChI is InChI=1S/C12H18N2O5/c1-13(6-10(15)19-2)12(18)14-7-3-4-9(14)8(5-7)11(16)17/h7-9H,3-6H2,1-2H3,(H,16,17). The maximum atomic E-state index is 12.3. The molecule has 2 fully saturated rings. The van der Waals surface area contributed by atoms with E-state index in [0.29, 0.717) is 6.42 Å². The van der Waals surface area contributed by atoms with Crippen LogP contribution in [0.2, 0.25) is 0 Å². The second kappa shape index (κ2) is 5.07. The minimum Gasteiger partial charge on any atom is -0.481 e. The number of nitrogens with zero attached hydrogens (tertiary/aromatic N) is 2. The minimum absolute atomic E-state index is 0.0151. The second-order valence-electron chi connectivity index (χ2n) is 5.10. The van der Waals surface area contributed by atoms with Crippen LogP contribution in [0.3, 0.4) is 0 Å². The number of rotatable bonds is 3. The zero-order valence-electron chi connectivity index (χ0n) is 11.0. The van der Waals surface area contributed by atoms with E-state index >= 15 is 0 Å². The number of likely N-dealkylation sites (N-methyl/N-ethyl adjacent to an activating group) is 1. The Morgan fingerprint density at radius 3 is 2.58 bits per heavy atom. The van der Waals surface area contributed by atoms with Crippen molar-refractivity contribution in [3.05, 3.63) is 0 Å². The van der Waals surface area contributed by atoms with Crippen molar-refractivity contribution in [3.8, 4) is 0 Å². The Kier molecular flexibility index (Phi) is 3.64. The Morgan fingerprint density at radius 2 is 2.05 bits per heavy atom. The Morgan fingerprint density at radius 1 is 1.37 bits per heavy atom. The van der Waals surface area contributed by atoms with Crippen LogP contribution >= 0.6 is 0 Å². The normalized spacial score (nSPS) is 28.3. The molecule has 0 radical (unpaired) electrons. The number of carboxylic acid groups (broad SMARTS) is 1. The van der Waals surface area contributed by atoms with Crippen LogP contribution in [0.25, 0.3) is 0 Å². The quantitative estimate of drug-likeness (QED) is 0.737. The van der Waals surface area contributed by atoms with Crippen molar-refractivity contribution in [2.75, 3.05) is 20.7 Å². The molecule has 0 aliphatic carbocycles. The van der Waals surface area contributed by atoms with Gasteiger partial charge in [0.25, 0.3) is 0 Å². The van der Waals surface area contributed by atoms with E-state index in [4.69, 9.17) is 5.11 Å². The number of aliphatic carboxylic acids is 1. The van der Waals surface area contributed by atoms with Gasteiger partial charge in [-0.1, -0.05) is 0 Å². The molecule has 0 aromatic carbocycles. The van der Waals surface area contributed by atoms with Crippen molar-refractivity contribution >= 4 is 18.0 Å². The minimum atomic E-state index is -0.847. The number of carbonyl (C=O) groups is 3. The third-order valence-corrected chi connectivity index (χ3v) is 4.00. The van der Waals surface area contributed by atoms with E-state index in [9.17, 15) is 14.4 Å². The molecular weight excluding hydrogens is 252 g/mol. The maximum absolute atomic E-state index is 12.3. The first-order valence-electron chi connectivity index (χ1n) is 6.28. The van der Waals surface area contributed by atoms with Crippen molar-refractivity contribution in [2.24, 2.45) is 5.92 Å². The van der Waals surface area contributed by atoms with Gasteiger partial charge in [0.1, 0.15) is 6.54 Å². The topological polar surface area (TPSA) is 87.2 Å². The highest BCUT2D eigenvalue weighted by Gasteiger charge is 2.52. The largest absolute Gasteiger partial charge is 0.481 e. The van der Waals surface area contributed by atoms with Crippen LogP contribution in [0.15, 0.2) is 0 Å². The van der Waals surface area contributed by atoms with E-state index in [1.165, 1.54) is 19.1 Å². The van der Waals surface area contributed by atoms with Gasteiger partial charge in [0.05, 0.1) is 13.0 Å². The molecule has 2 rings (SSSR count). The van der Waals surface area contributed by atoms with Crippen LogP contribution in [-0.2, 0) is 14.3 Å². The number of ether oxygens (including phenoxy) is 1. The lowest BCUT2D eigenvalue weighted by Gasteiger charge is -2.28. The van der Waals surface area contributed by atoms with Gasteiger partial charge >= 0.3 is 18.0 Å². The molecule has 7 heteroatoms. The number of urea groups is 1. The van der Waals surface area contributed by atoms with Gasteiger partial charge in [-0.3, -0.25) is 9.59 Å². The molecule has 2 bridgehead atoms. The summed E-state index contributed by atoms with van der Waals surface area (Å²) in [5.41, 5.74) is 0. The highest BCUT2D eigenvalue weighted by molar-refractivity contribution is 5.83. The van der Waals surface area contributed by atoms with E-state index < -0.39 is 17.9 Å². The Balaban J connectivity index is 2.04. The van der Waals surface area contributed by atoms with Crippen LogP contribution in [0, 0.1) is 5.92 Å². The molecule has 2 saturated heterocycles. The molecule has 19 heavy (non-hydrogen) atoms. The summed E-state index contributed by atoms with van der Waals surface area (Å²) in [6.45, 7) is -0.122. The molecule has 0 aromatic rings. The average molecular weight is 270 g/mol. The summed E-state index contributed by atoms with van der Waals surface area (Å²) in [4.78, 5) is 37.5. The Labute approximate surface area is 111 Å². The van der Waals surface area contributed by atoms with Gasteiger partial charge in [-0.05, 0) is 19.3 Å². The van der Waals surface area contributed by atoms with Crippen LogP contribution < -0.4 is 0 Å². The zero-order chi connectivity index (χ0) is 14.2. The average Bonchev–Trinajstić information content (AvgIpc) is 2.94. The molecule has 0 spiro atoms. The molecular formula is C12H18N2O5. The van der Waals surface area contributed by atoms with Gasteiger partial charge in [0.2, 0.25) is 0 Å². The number of hydrogen-bond acceptors (Lipinski definition) is 4. The molecule has 0 aromatic heterocycles. The zero-order valence-corrected chi connectivity index (χ0v) is 11.0. The summed E-state index contributed by atoms with van der Waals surface area (Å²) < 4.78 is 4.52. The number of fused-ring (bicyclic) bond motifs is 2. The molecule has 3 atom stereocenters. The molecule has 106 valence electrons. The van der Waals surface area contributed by atoms with Crippen molar-refractivity contribution in [1.29, 1.82) is 0 Å². The first kappa shape index (κ1) is 13.6. The number of esters is 1. The fourth-order valence-electron chi connectivity index (χ4n) is 3.08. The third-order valence-electron chi connectivity index (χ3n) is 4.00. The molecule has 2 aliphatic rings. The summed E-state index contributed by atoms with van der Waals surface area (Å²) in [5, 5.41) is 9.13. The number of carboxylic acids is 1. The summed E-state index contributed by atoms with van der Waals surface area (Å²) in [5.74, 6) is -1.81. The summed E-state index contributed by atoms with van der Waals surface area (Å²) in [6.07, 6.45) is 2.07. The van der Waals surface area contributed by atoms with E-state index in [1.54, 1.807) is 4.90 Å². The van der Waals surface area contributed by atoms with Gasteiger partial charge in [0, 0.05) is 19.1 Å². The molecule has 2 amide bonds. The fourth-order valence-corrected chi connectivity index (χ4v) is 3.08. The lowest BCUT2D eigenvalue weighted by atomic mass is 9.89. The maximum Gasteiger partial charge on any atom is 0.325 e. The van der Waals surface area contributed by atoms with Crippen LogP contribution in [0.4, 0.5) is 4.79 Å². The molecule has 3 unspecified atom stereocenters. The number of methoxy groups -OCH3 is 1. The summed E-state index contributed by atoms with van der Waals surface area (Å²) >= 11 is 0. The van der Waals surface area contributed by atoms with Gasteiger partial charge in [-0.25, -0.2) is 4.79 Å². The highest BCUT2D eigenvalue weighted by atomic mass is 16.5. The van der Waals surface area contributed by atoms with E-state index in [0.717, 1.165) is 12.8 Å². The molecule has 1 N–H and O–H groups in total. The SMILES string of the molecule is COC(=O)CN(C)C(=O)N1C2CCC1C(C(=O)O)C2. The van der Waals surface area contributed by atoms with Crippen molar-refractivity contribution in [2.45, 2.75) is 31.3 Å². The number of hydrogen-bond donors (Lipinski definition) is 1. The summed E-state index contributed by atoms with van der Waals surface area (Å²) in [7, 11) is 2.79. The molecule has 2 aliphatic heterocycles. The first-order chi connectivity index (χ1) is 8.95. The Hall–Kier alpha value is -1.79.